The maximum absolute atomic E-state index is 5.46. The largest absolute Gasteiger partial charge is 0.496 e. The molecule has 2 aromatic heterocycles. The standard InChI is InChI=1S/C20H17N3O/c1-13-5-6-15(11-19(13)24-2)20-17(4-3-9-21-20)14-7-8-18-16(10-14)12-22-23-18/h3-12H,1-2H3,(H,22,23). The van der Waals surface area contributed by atoms with Crippen LogP contribution >= 0.6 is 0 Å². The zero-order chi connectivity index (χ0) is 16.5. The molecule has 0 amide bonds. The van der Waals surface area contributed by atoms with Gasteiger partial charge in [-0.05, 0) is 42.3 Å². The number of nitrogens with one attached hydrogen (secondary N) is 1. The van der Waals surface area contributed by atoms with Gasteiger partial charge in [0.1, 0.15) is 5.75 Å². The normalized spacial score (nSPS) is 10.9. The lowest BCUT2D eigenvalue weighted by atomic mass is 9.97. The van der Waals surface area contributed by atoms with Gasteiger partial charge in [0.25, 0.3) is 0 Å². The van der Waals surface area contributed by atoms with Gasteiger partial charge in [0.15, 0.2) is 0 Å². The monoisotopic (exact) mass is 315 g/mol. The Labute approximate surface area is 140 Å². The molecule has 0 atom stereocenters. The number of hydrogen-bond acceptors (Lipinski definition) is 3. The summed E-state index contributed by atoms with van der Waals surface area (Å²) in [5.74, 6) is 0.870. The van der Waals surface area contributed by atoms with Gasteiger partial charge in [0.2, 0.25) is 0 Å². The molecule has 0 fully saturated rings. The van der Waals surface area contributed by atoms with Crippen LogP contribution < -0.4 is 4.74 Å². The fraction of sp³-hybridized carbons (Fsp3) is 0.100. The van der Waals surface area contributed by atoms with E-state index in [4.69, 9.17) is 4.74 Å². The second kappa shape index (κ2) is 5.81. The quantitative estimate of drug-likeness (QED) is 0.600. The first-order valence-corrected chi connectivity index (χ1v) is 7.80. The third kappa shape index (κ3) is 2.42. The first kappa shape index (κ1) is 14.5. The van der Waals surface area contributed by atoms with Crippen LogP contribution in [-0.4, -0.2) is 22.3 Å². The lowest BCUT2D eigenvalue weighted by molar-refractivity contribution is 0.412. The molecule has 0 unspecified atom stereocenters. The molecule has 0 aliphatic rings. The molecule has 2 heterocycles. The van der Waals surface area contributed by atoms with Crippen LogP contribution in [0.1, 0.15) is 5.56 Å². The van der Waals surface area contributed by atoms with Crippen molar-refractivity contribution >= 4 is 10.9 Å². The van der Waals surface area contributed by atoms with Crippen molar-refractivity contribution in [1.29, 1.82) is 0 Å². The Morgan fingerprint density at radius 1 is 1.00 bits per heavy atom. The summed E-state index contributed by atoms with van der Waals surface area (Å²) in [4.78, 5) is 4.62. The average Bonchev–Trinajstić information content (AvgIpc) is 3.10. The Morgan fingerprint density at radius 2 is 1.88 bits per heavy atom. The number of aromatic amines is 1. The zero-order valence-electron chi connectivity index (χ0n) is 13.6. The van der Waals surface area contributed by atoms with E-state index in [-0.39, 0.29) is 0 Å². The van der Waals surface area contributed by atoms with Crippen molar-refractivity contribution in [3.8, 4) is 28.1 Å². The molecule has 0 saturated carbocycles. The van der Waals surface area contributed by atoms with Crippen LogP contribution in [0.4, 0.5) is 0 Å². The van der Waals surface area contributed by atoms with Gasteiger partial charge in [-0.25, -0.2) is 0 Å². The summed E-state index contributed by atoms with van der Waals surface area (Å²) in [6, 6.07) is 16.5. The number of aromatic nitrogens is 3. The summed E-state index contributed by atoms with van der Waals surface area (Å²) in [5, 5.41) is 8.16. The molecule has 4 rings (SSSR count). The first-order valence-electron chi connectivity index (χ1n) is 7.80. The fourth-order valence-electron chi connectivity index (χ4n) is 2.95. The number of pyridine rings is 1. The van der Waals surface area contributed by atoms with Gasteiger partial charge in [-0.1, -0.05) is 24.3 Å². The molecule has 0 aliphatic heterocycles. The molecule has 1 N–H and O–H groups in total. The Hall–Kier alpha value is -3.14. The summed E-state index contributed by atoms with van der Waals surface area (Å²) in [7, 11) is 1.69. The molecule has 0 aliphatic carbocycles. The van der Waals surface area contributed by atoms with Gasteiger partial charge < -0.3 is 4.74 Å². The number of aryl methyl sites for hydroxylation is 1. The molecule has 4 heteroatoms. The molecule has 118 valence electrons. The second-order valence-corrected chi connectivity index (χ2v) is 5.76. The predicted octanol–water partition coefficient (Wildman–Crippen LogP) is 4.61. The fourth-order valence-corrected chi connectivity index (χ4v) is 2.95. The molecule has 0 bridgehead atoms. The van der Waals surface area contributed by atoms with Crippen molar-refractivity contribution in [2.75, 3.05) is 7.11 Å². The number of rotatable bonds is 3. The van der Waals surface area contributed by atoms with Crippen LogP contribution in [-0.2, 0) is 0 Å². The summed E-state index contributed by atoms with van der Waals surface area (Å²) < 4.78 is 5.46. The smallest absolute Gasteiger partial charge is 0.122 e. The molecule has 0 spiro atoms. The molecule has 4 nitrogen and oxygen atoms in total. The third-order valence-electron chi connectivity index (χ3n) is 4.24. The highest BCUT2D eigenvalue weighted by molar-refractivity contribution is 5.88. The number of fused-ring (bicyclic) bond motifs is 1. The predicted molar refractivity (Wildman–Crippen MR) is 96.0 cm³/mol. The van der Waals surface area contributed by atoms with Crippen LogP contribution in [0.2, 0.25) is 0 Å². The highest BCUT2D eigenvalue weighted by Gasteiger charge is 2.11. The Kier molecular flexibility index (Phi) is 3.50. The third-order valence-corrected chi connectivity index (χ3v) is 4.24. The van der Waals surface area contributed by atoms with E-state index >= 15 is 0 Å². The first-order chi connectivity index (χ1) is 11.8. The van der Waals surface area contributed by atoms with Gasteiger partial charge >= 0.3 is 0 Å². The summed E-state index contributed by atoms with van der Waals surface area (Å²) >= 11 is 0. The van der Waals surface area contributed by atoms with E-state index in [9.17, 15) is 0 Å². The molecular weight excluding hydrogens is 298 g/mol. The van der Waals surface area contributed by atoms with Crippen molar-refractivity contribution in [3.63, 3.8) is 0 Å². The highest BCUT2D eigenvalue weighted by Crippen LogP contribution is 2.33. The van der Waals surface area contributed by atoms with E-state index < -0.39 is 0 Å². The van der Waals surface area contributed by atoms with Crippen LogP contribution in [0.5, 0.6) is 5.75 Å². The van der Waals surface area contributed by atoms with E-state index in [0.717, 1.165) is 44.6 Å². The topological polar surface area (TPSA) is 50.8 Å². The van der Waals surface area contributed by atoms with Crippen LogP contribution in [0.25, 0.3) is 33.3 Å². The van der Waals surface area contributed by atoms with Crippen molar-refractivity contribution in [2.45, 2.75) is 6.92 Å². The maximum Gasteiger partial charge on any atom is 0.122 e. The van der Waals surface area contributed by atoms with E-state index in [1.165, 1.54) is 0 Å². The minimum Gasteiger partial charge on any atom is -0.496 e. The lowest BCUT2D eigenvalue weighted by Crippen LogP contribution is -1.92. The molecular formula is C20H17N3O. The number of benzene rings is 2. The van der Waals surface area contributed by atoms with Gasteiger partial charge in [-0.15, -0.1) is 0 Å². The average molecular weight is 315 g/mol. The van der Waals surface area contributed by atoms with Crippen LogP contribution in [0, 0.1) is 6.92 Å². The Morgan fingerprint density at radius 3 is 2.75 bits per heavy atom. The van der Waals surface area contributed by atoms with Gasteiger partial charge in [0.05, 0.1) is 24.5 Å². The SMILES string of the molecule is COc1cc(-c2ncccc2-c2ccc3[nH]ncc3c2)ccc1C. The molecule has 0 radical (unpaired) electrons. The van der Waals surface area contributed by atoms with E-state index in [2.05, 4.69) is 45.5 Å². The van der Waals surface area contributed by atoms with E-state index in [1.54, 1.807) is 7.11 Å². The van der Waals surface area contributed by atoms with Crippen molar-refractivity contribution in [1.82, 2.24) is 15.2 Å². The van der Waals surface area contributed by atoms with Crippen LogP contribution in [0.3, 0.4) is 0 Å². The van der Waals surface area contributed by atoms with E-state index in [1.807, 2.05) is 37.5 Å². The number of methoxy groups -OCH3 is 1. The van der Waals surface area contributed by atoms with Crippen molar-refractivity contribution < 1.29 is 4.74 Å². The zero-order valence-corrected chi connectivity index (χ0v) is 13.6. The summed E-state index contributed by atoms with van der Waals surface area (Å²) in [6.07, 6.45) is 3.66. The number of H-pyrrole nitrogens is 1. The molecule has 4 aromatic rings. The van der Waals surface area contributed by atoms with Crippen molar-refractivity contribution in [3.05, 3.63) is 66.5 Å². The molecule has 24 heavy (non-hydrogen) atoms. The van der Waals surface area contributed by atoms with Gasteiger partial charge in [-0.2, -0.15) is 5.10 Å². The molecule has 0 saturated heterocycles. The summed E-state index contributed by atoms with van der Waals surface area (Å²) in [6.45, 7) is 2.04. The van der Waals surface area contributed by atoms with Crippen LogP contribution in [0.15, 0.2) is 60.9 Å². The number of ether oxygens (including phenoxy) is 1. The number of nitrogens with zero attached hydrogens (tertiary/aromatic N) is 2. The summed E-state index contributed by atoms with van der Waals surface area (Å²) in [5.41, 5.74) is 6.33. The minimum atomic E-state index is 0.870. The van der Waals surface area contributed by atoms with Crippen molar-refractivity contribution in [2.24, 2.45) is 0 Å². The number of hydrogen-bond donors (Lipinski definition) is 1. The lowest BCUT2D eigenvalue weighted by Gasteiger charge is -2.11. The van der Waals surface area contributed by atoms with Gasteiger partial charge in [-0.3, -0.25) is 10.1 Å². The minimum absolute atomic E-state index is 0.870. The Balaban J connectivity index is 1.89. The maximum atomic E-state index is 5.46. The molecule has 2 aromatic carbocycles. The Bertz CT molecular complexity index is 1020. The second-order valence-electron chi connectivity index (χ2n) is 5.76. The van der Waals surface area contributed by atoms with E-state index in [0.29, 0.717) is 0 Å². The van der Waals surface area contributed by atoms with Gasteiger partial charge in [0, 0.05) is 22.7 Å². The highest BCUT2D eigenvalue weighted by atomic mass is 16.5.